The van der Waals surface area contributed by atoms with Crippen LogP contribution in [0.1, 0.15) is 37.3 Å². The molecular formula is C29H35N3O8. The van der Waals surface area contributed by atoms with Crippen molar-refractivity contribution in [2.24, 2.45) is 0 Å². The van der Waals surface area contributed by atoms with Gasteiger partial charge in [-0.2, -0.15) is 0 Å². The van der Waals surface area contributed by atoms with Gasteiger partial charge in [0.15, 0.2) is 0 Å². The smallest absolute Gasteiger partial charge is 0.336 e. The van der Waals surface area contributed by atoms with Gasteiger partial charge in [0.2, 0.25) is 0 Å². The number of ether oxygens (including phenoxy) is 3. The van der Waals surface area contributed by atoms with Gasteiger partial charge in [-0.25, -0.2) is 9.59 Å². The van der Waals surface area contributed by atoms with Gasteiger partial charge in [0, 0.05) is 30.1 Å². The maximum Gasteiger partial charge on any atom is 0.336 e. The summed E-state index contributed by atoms with van der Waals surface area (Å²) in [4.78, 5) is 36.8. The molecule has 3 rings (SSSR count). The summed E-state index contributed by atoms with van der Waals surface area (Å²) >= 11 is 0. The number of aliphatic hydroxyl groups excluding tert-OH is 1. The van der Waals surface area contributed by atoms with Crippen molar-refractivity contribution in [1.29, 1.82) is 0 Å². The van der Waals surface area contributed by atoms with E-state index < -0.39 is 28.9 Å². The molecule has 11 nitrogen and oxygen atoms in total. The van der Waals surface area contributed by atoms with Gasteiger partial charge in [0.05, 0.1) is 35.7 Å². The number of nitro benzene ring substituents is 1. The van der Waals surface area contributed by atoms with Gasteiger partial charge < -0.3 is 30.0 Å². The number of aryl methyl sites for hydroxylation is 1. The third-order valence-electron chi connectivity index (χ3n) is 6.34. The molecule has 1 heterocycles. The fourth-order valence-electron chi connectivity index (χ4n) is 4.46. The normalized spacial score (nSPS) is 15.8. The molecule has 2 aromatic rings. The van der Waals surface area contributed by atoms with Crippen LogP contribution in [0.3, 0.4) is 0 Å². The lowest BCUT2D eigenvalue weighted by Gasteiger charge is -2.30. The fraction of sp³-hybridized carbons (Fsp3) is 0.379. The molecule has 0 aliphatic carbocycles. The van der Waals surface area contributed by atoms with Crippen molar-refractivity contribution in [2.75, 3.05) is 33.4 Å². The summed E-state index contributed by atoms with van der Waals surface area (Å²) in [6, 6.07) is 13.4. The summed E-state index contributed by atoms with van der Waals surface area (Å²) in [7, 11) is 1.23. The molecule has 0 saturated heterocycles. The minimum atomic E-state index is -0.914. The molecule has 0 fully saturated rings. The molecule has 214 valence electrons. The van der Waals surface area contributed by atoms with E-state index in [2.05, 4.69) is 10.6 Å². The highest BCUT2D eigenvalue weighted by Gasteiger charge is 2.38. The highest BCUT2D eigenvalue weighted by molar-refractivity contribution is 5.99. The maximum atomic E-state index is 13.3. The van der Waals surface area contributed by atoms with E-state index in [0.29, 0.717) is 42.2 Å². The first-order valence-electron chi connectivity index (χ1n) is 12.9. The Labute approximate surface area is 233 Å². The molecule has 2 unspecified atom stereocenters. The van der Waals surface area contributed by atoms with Gasteiger partial charge in [-0.3, -0.25) is 10.1 Å². The van der Waals surface area contributed by atoms with Gasteiger partial charge in [0.1, 0.15) is 18.5 Å². The van der Waals surface area contributed by atoms with Crippen LogP contribution >= 0.6 is 0 Å². The topological polar surface area (TPSA) is 149 Å². The average Bonchev–Trinajstić information content (AvgIpc) is 2.93. The Kier molecular flexibility index (Phi) is 10.8. The molecule has 0 radical (unpaired) electrons. The van der Waals surface area contributed by atoms with Crippen LogP contribution in [-0.4, -0.2) is 61.5 Å². The number of carbonyl (C=O) groups is 2. The second-order valence-corrected chi connectivity index (χ2v) is 9.45. The molecular weight excluding hydrogens is 518 g/mol. The number of nitro groups is 1. The van der Waals surface area contributed by atoms with E-state index in [4.69, 9.17) is 14.2 Å². The van der Waals surface area contributed by atoms with Gasteiger partial charge in [0.25, 0.3) is 5.69 Å². The molecule has 2 atom stereocenters. The number of rotatable bonds is 13. The third-order valence-corrected chi connectivity index (χ3v) is 6.34. The molecule has 3 N–H and O–H groups in total. The molecule has 1 aliphatic heterocycles. The first-order chi connectivity index (χ1) is 19.1. The van der Waals surface area contributed by atoms with Crippen molar-refractivity contribution in [3.05, 3.63) is 92.3 Å². The highest BCUT2D eigenvalue weighted by Crippen LogP contribution is 2.40. The number of esters is 2. The van der Waals surface area contributed by atoms with E-state index >= 15 is 0 Å². The van der Waals surface area contributed by atoms with Crippen molar-refractivity contribution in [3.63, 3.8) is 0 Å². The summed E-state index contributed by atoms with van der Waals surface area (Å²) in [5.41, 5.74) is 2.59. The van der Waals surface area contributed by atoms with E-state index in [1.807, 2.05) is 31.2 Å². The van der Waals surface area contributed by atoms with Crippen LogP contribution in [0, 0.1) is 17.0 Å². The lowest BCUT2D eigenvalue weighted by atomic mass is 9.80. The summed E-state index contributed by atoms with van der Waals surface area (Å²) in [5.74, 6) is -1.53. The zero-order valence-corrected chi connectivity index (χ0v) is 23.1. The van der Waals surface area contributed by atoms with Gasteiger partial charge in [-0.05, 0) is 57.0 Å². The van der Waals surface area contributed by atoms with Crippen LogP contribution in [0.2, 0.25) is 0 Å². The Bertz CT molecular complexity index is 1300. The minimum Gasteiger partial charge on any atom is -0.491 e. The van der Waals surface area contributed by atoms with Crippen molar-refractivity contribution < 1.29 is 33.8 Å². The summed E-state index contributed by atoms with van der Waals surface area (Å²) in [6.45, 7) is 6.32. The second kappa shape index (κ2) is 14.2. The summed E-state index contributed by atoms with van der Waals surface area (Å²) < 4.78 is 16.1. The van der Waals surface area contributed by atoms with Crippen LogP contribution in [0.4, 0.5) is 5.69 Å². The number of hydrogen-bond acceptors (Lipinski definition) is 10. The SMILES string of the molecule is COC(=O)C1=C(C)NC(C)=C(C(=O)OCCCNCC(O)COc2cccc(C)c2)C1c1cccc([N+](=O)[O-])c1. The first kappa shape index (κ1) is 30.3. The highest BCUT2D eigenvalue weighted by atomic mass is 16.6. The number of nitrogens with zero attached hydrogens (tertiary/aromatic N) is 1. The van der Waals surface area contributed by atoms with Crippen LogP contribution in [-0.2, 0) is 19.1 Å². The van der Waals surface area contributed by atoms with Crippen LogP contribution < -0.4 is 15.4 Å². The average molecular weight is 554 g/mol. The number of carbonyl (C=O) groups excluding carboxylic acids is 2. The standard InChI is InChI=1S/C29H35N3O8/c1-18-8-5-11-24(14-18)40-17-23(33)16-30-12-7-13-39-29(35)26-20(3)31-19(2)25(28(34)38-4)27(26)21-9-6-10-22(15-21)32(36)37/h5-6,8-11,14-15,23,27,30-31,33H,7,12-13,16-17H2,1-4H3. The Balaban J connectivity index is 1.59. The third kappa shape index (κ3) is 7.90. The van der Waals surface area contributed by atoms with E-state index in [-0.39, 0.29) is 30.0 Å². The van der Waals surface area contributed by atoms with E-state index in [1.165, 1.54) is 25.3 Å². The quantitative estimate of drug-likeness (QED) is 0.146. The van der Waals surface area contributed by atoms with E-state index in [0.717, 1.165) is 5.56 Å². The van der Waals surface area contributed by atoms with Crippen LogP contribution in [0.25, 0.3) is 0 Å². The largest absolute Gasteiger partial charge is 0.491 e. The Morgan fingerprint density at radius 2 is 1.77 bits per heavy atom. The van der Waals surface area contributed by atoms with Crippen LogP contribution in [0.15, 0.2) is 71.1 Å². The maximum absolute atomic E-state index is 13.3. The number of hydrogen-bond donors (Lipinski definition) is 3. The number of benzene rings is 2. The van der Waals surface area contributed by atoms with E-state index in [1.54, 1.807) is 19.9 Å². The number of non-ortho nitro benzene ring substituents is 1. The Hall–Kier alpha value is -4.22. The van der Waals surface area contributed by atoms with Crippen molar-refractivity contribution in [3.8, 4) is 5.75 Å². The predicted octanol–water partition coefficient (Wildman–Crippen LogP) is 3.27. The van der Waals surface area contributed by atoms with Gasteiger partial charge in [-0.15, -0.1) is 0 Å². The van der Waals surface area contributed by atoms with Gasteiger partial charge >= 0.3 is 11.9 Å². The number of methoxy groups -OCH3 is 1. The molecule has 0 aromatic heterocycles. The van der Waals surface area contributed by atoms with Crippen molar-refractivity contribution >= 4 is 17.6 Å². The molecule has 0 saturated carbocycles. The Morgan fingerprint density at radius 3 is 2.45 bits per heavy atom. The number of aliphatic hydroxyl groups is 1. The lowest BCUT2D eigenvalue weighted by Crippen LogP contribution is -2.33. The van der Waals surface area contributed by atoms with E-state index in [9.17, 15) is 24.8 Å². The molecule has 2 aromatic carbocycles. The number of dihydropyridines is 1. The molecule has 0 spiro atoms. The second-order valence-electron chi connectivity index (χ2n) is 9.45. The molecule has 1 aliphatic rings. The minimum absolute atomic E-state index is 0.0798. The Morgan fingerprint density at radius 1 is 1.07 bits per heavy atom. The zero-order chi connectivity index (χ0) is 29.2. The lowest BCUT2D eigenvalue weighted by molar-refractivity contribution is -0.384. The predicted molar refractivity (Wildman–Crippen MR) is 148 cm³/mol. The molecule has 0 bridgehead atoms. The summed E-state index contributed by atoms with van der Waals surface area (Å²) in [6.07, 6.45) is -0.247. The summed E-state index contributed by atoms with van der Waals surface area (Å²) in [5, 5.41) is 27.7. The molecule has 40 heavy (non-hydrogen) atoms. The fourth-order valence-corrected chi connectivity index (χ4v) is 4.46. The monoisotopic (exact) mass is 553 g/mol. The zero-order valence-electron chi connectivity index (χ0n) is 23.1. The molecule has 11 heteroatoms. The number of nitrogens with one attached hydrogen (secondary N) is 2. The van der Waals surface area contributed by atoms with Crippen LogP contribution in [0.5, 0.6) is 5.75 Å². The van der Waals surface area contributed by atoms with Gasteiger partial charge in [-0.1, -0.05) is 24.3 Å². The first-order valence-corrected chi connectivity index (χ1v) is 12.9. The molecule has 0 amide bonds. The van der Waals surface area contributed by atoms with Crippen molar-refractivity contribution in [1.82, 2.24) is 10.6 Å². The van der Waals surface area contributed by atoms with Crippen molar-refractivity contribution in [2.45, 2.75) is 39.2 Å². The number of allylic oxidation sites excluding steroid dienone is 2.